The van der Waals surface area contributed by atoms with Crippen molar-refractivity contribution >= 4 is 79.6 Å². The molecule has 0 N–H and O–H groups in total. The normalized spacial score (nSPS) is 11.9. The third kappa shape index (κ3) is 4.13. The van der Waals surface area contributed by atoms with E-state index in [2.05, 4.69) is 4.99 Å². The smallest absolute Gasteiger partial charge is 0.326 e. The molecule has 136 valence electrons. The first-order valence-electron chi connectivity index (χ1n) is 7.37. The van der Waals surface area contributed by atoms with Crippen LogP contribution in [-0.2, 0) is 16.1 Å². The zero-order valence-electron chi connectivity index (χ0n) is 13.3. The fourth-order valence-corrected chi connectivity index (χ4v) is 5.01. The van der Waals surface area contributed by atoms with Crippen LogP contribution in [0.25, 0.3) is 10.2 Å². The molecule has 0 radical (unpaired) electrons. The molecule has 3 rings (SSSR count). The van der Waals surface area contributed by atoms with Crippen molar-refractivity contribution in [1.29, 1.82) is 0 Å². The minimum atomic E-state index is -0.453. The Labute approximate surface area is 171 Å². The lowest BCUT2D eigenvalue weighted by molar-refractivity contribution is -0.143. The molecule has 0 fully saturated rings. The monoisotopic (exact) mass is 448 g/mol. The van der Waals surface area contributed by atoms with Crippen molar-refractivity contribution in [3.8, 4) is 0 Å². The van der Waals surface area contributed by atoms with Crippen LogP contribution in [0.2, 0.25) is 14.4 Å². The molecule has 1 aromatic carbocycles. The van der Waals surface area contributed by atoms with Crippen molar-refractivity contribution in [3.63, 3.8) is 0 Å². The van der Waals surface area contributed by atoms with Crippen LogP contribution in [0, 0.1) is 0 Å². The first-order chi connectivity index (χ1) is 12.4. The summed E-state index contributed by atoms with van der Waals surface area (Å²) in [7, 11) is 0. The Balaban J connectivity index is 2.16. The molecule has 0 unspecified atom stereocenters. The minimum Gasteiger partial charge on any atom is -0.465 e. The van der Waals surface area contributed by atoms with Crippen LogP contribution in [-0.4, -0.2) is 23.1 Å². The summed E-state index contributed by atoms with van der Waals surface area (Å²) in [6.07, 6.45) is 0. The van der Waals surface area contributed by atoms with Crippen LogP contribution in [0.4, 0.5) is 0 Å². The molecule has 2 aromatic heterocycles. The highest BCUT2D eigenvalue weighted by Crippen LogP contribution is 2.30. The average molecular weight is 450 g/mol. The minimum absolute atomic E-state index is 0.119. The molecule has 0 aliphatic rings. The van der Waals surface area contributed by atoms with Gasteiger partial charge in [-0.15, -0.1) is 11.3 Å². The molecular formula is C16H11Cl3N2O3S2. The van der Waals surface area contributed by atoms with E-state index in [0.29, 0.717) is 34.3 Å². The number of aromatic nitrogens is 1. The Hall–Kier alpha value is -1.38. The molecular weight excluding hydrogens is 439 g/mol. The number of amides is 1. The van der Waals surface area contributed by atoms with Gasteiger partial charge in [0.2, 0.25) is 0 Å². The molecule has 5 nitrogen and oxygen atoms in total. The molecule has 0 saturated carbocycles. The predicted octanol–water partition coefficient (Wildman–Crippen LogP) is 5.03. The second-order valence-electron chi connectivity index (χ2n) is 5.03. The van der Waals surface area contributed by atoms with Crippen LogP contribution in [0.1, 0.15) is 16.6 Å². The molecule has 1 amide bonds. The third-order valence-electron chi connectivity index (χ3n) is 3.27. The summed E-state index contributed by atoms with van der Waals surface area (Å²) >= 11 is 20.6. The van der Waals surface area contributed by atoms with Gasteiger partial charge in [-0.2, -0.15) is 4.99 Å². The lowest BCUT2D eigenvalue weighted by Gasteiger charge is -2.06. The molecule has 0 spiro atoms. The molecule has 26 heavy (non-hydrogen) atoms. The summed E-state index contributed by atoms with van der Waals surface area (Å²) in [5.41, 5.74) is 0.574. The Morgan fingerprint density at radius 3 is 2.62 bits per heavy atom. The van der Waals surface area contributed by atoms with Gasteiger partial charge in [0.1, 0.15) is 6.54 Å². The molecule has 0 saturated heterocycles. The highest BCUT2D eigenvalue weighted by atomic mass is 35.5. The number of thiophene rings is 1. The van der Waals surface area contributed by atoms with Gasteiger partial charge in [-0.05, 0) is 31.2 Å². The second-order valence-corrected chi connectivity index (χ2v) is 8.60. The Morgan fingerprint density at radius 1 is 1.19 bits per heavy atom. The molecule has 0 bridgehead atoms. The molecule has 10 heteroatoms. The van der Waals surface area contributed by atoms with E-state index in [-0.39, 0.29) is 13.2 Å². The number of thiazole rings is 1. The average Bonchev–Trinajstić information content (AvgIpc) is 3.12. The van der Waals surface area contributed by atoms with Gasteiger partial charge in [0, 0.05) is 5.02 Å². The summed E-state index contributed by atoms with van der Waals surface area (Å²) in [5.74, 6) is -0.903. The number of halogens is 3. The van der Waals surface area contributed by atoms with Crippen molar-refractivity contribution in [3.05, 3.63) is 48.3 Å². The van der Waals surface area contributed by atoms with Crippen molar-refractivity contribution in [2.24, 2.45) is 4.99 Å². The number of esters is 1. The van der Waals surface area contributed by atoms with Crippen LogP contribution >= 0.6 is 57.5 Å². The molecule has 0 atom stereocenters. The van der Waals surface area contributed by atoms with E-state index >= 15 is 0 Å². The standard InChI is InChI=1S/C16H11Cl3N2O3S2/c1-2-24-13(22)7-21-14-9(18)5-8(17)6-11(14)26-16(21)20-15(23)10-3-4-12(19)25-10/h3-6H,2,7H2,1H3. The Bertz CT molecular complexity index is 1070. The maximum Gasteiger partial charge on any atom is 0.326 e. The first kappa shape index (κ1) is 19.4. The predicted molar refractivity (Wildman–Crippen MR) is 106 cm³/mol. The number of rotatable bonds is 4. The topological polar surface area (TPSA) is 60.7 Å². The maximum absolute atomic E-state index is 12.4. The summed E-state index contributed by atoms with van der Waals surface area (Å²) in [4.78, 5) is 29.3. The van der Waals surface area contributed by atoms with Crippen molar-refractivity contribution in [1.82, 2.24) is 4.57 Å². The van der Waals surface area contributed by atoms with E-state index in [0.717, 1.165) is 11.3 Å². The van der Waals surface area contributed by atoms with E-state index in [1.807, 2.05) is 0 Å². The van der Waals surface area contributed by atoms with Crippen LogP contribution < -0.4 is 4.80 Å². The van der Waals surface area contributed by atoms with Gasteiger partial charge < -0.3 is 9.30 Å². The van der Waals surface area contributed by atoms with Crippen LogP contribution in [0.15, 0.2) is 29.3 Å². The van der Waals surface area contributed by atoms with Gasteiger partial charge in [-0.3, -0.25) is 9.59 Å². The quantitative estimate of drug-likeness (QED) is 0.525. The number of hydrogen-bond acceptors (Lipinski definition) is 5. The number of fused-ring (bicyclic) bond motifs is 1. The molecule has 0 aliphatic carbocycles. The number of benzene rings is 1. The van der Waals surface area contributed by atoms with Gasteiger partial charge in [-0.1, -0.05) is 46.1 Å². The van der Waals surface area contributed by atoms with E-state index < -0.39 is 11.9 Å². The fourth-order valence-electron chi connectivity index (χ4n) is 2.27. The number of nitrogens with zero attached hydrogens (tertiary/aromatic N) is 2. The second kappa shape index (κ2) is 8.10. The summed E-state index contributed by atoms with van der Waals surface area (Å²) < 4.78 is 7.77. The summed E-state index contributed by atoms with van der Waals surface area (Å²) in [5, 5.41) is 0.816. The van der Waals surface area contributed by atoms with Crippen LogP contribution in [0.3, 0.4) is 0 Å². The number of carbonyl (C=O) groups is 2. The highest BCUT2D eigenvalue weighted by molar-refractivity contribution is 7.18. The largest absolute Gasteiger partial charge is 0.465 e. The van der Waals surface area contributed by atoms with E-state index in [9.17, 15) is 9.59 Å². The highest BCUT2D eigenvalue weighted by Gasteiger charge is 2.16. The molecule has 0 aliphatic heterocycles. The zero-order chi connectivity index (χ0) is 18.8. The van der Waals surface area contributed by atoms with E-state index in [1.165, 1.54) is 11.3 Å². The Morgan fingerprint density at radius 2 is 1.96 bits per heavy atom. The zero-order valence-corrected chi connectivity index (χ0v) is 17.2. The van der Waals surface area contributed by atoms with Crippen LogP contribution in [0.5, 0.6) is 0 Å². The summed E-state index contributed by atoms with van der Waals surface area (Å²) in [6, 6.07) is 6.51. The van der Waals surface area contributed by atoms with Gasteiger partial charge >= 0.3 is 5.97 Å². The SMILES string of the molecule is CCOC(=O)Cn1c(=NC(=O)c2ccc(Cl)s2)sc2cc(Cl)cc(Cl)c21. The maximum atomic E-state index is 12.4. The van der Waals surface area contributed by atoms with E-state index in [1.54, 1.807) is 35.8 Å². The third-order valence-corrected chi connectivity index (χ3v) is 6.02. The number of ether oxygens (including phenoxy) is 1. The van der Waals surface area contributed by atoms with Gasteiger partial charge in [-0.25, -0.2) is 0 Å². The lowest BCUT2D eigenvalue weighted by atomic mass is 10.3. The molecule has 2 heterocycles. The van der Waals surface area contributed by atoms with Gasteiger partial charge in [0.15, 0.2) is 4.80 Å². The fraction of sp³-hybridized carbons (Fsp3) is 0.188. The lowest BCUT2D eigenvalue weighted by Crippen LogP contribution is -2.23. The summed E-state index contributed by atoms with van der Waals surface area (Å²) in [6.45, 7) is 1.85. The Kier molecular flexibility index (Phi) is 6.04. The van der Waals surface area contributed by atoms with Crippen molar-refractivity contribution < 1.29 is 14.3 Å². The molecule has 3 aromatic rings. The number of hydrogen-bond donors (Lipinski definition) is 0. The number of carbonyl (C=O) groups excluding carboxylic acids is 2. The van der Waals surface area contributed by atoms with Crippen molar-refractivity contribution in [2.45, 2.75) is 13.5 Å². The van der Waals surface area contributed by atoms with Crippen molar-refractivity contribution in [2.75, 3.05) is 6.61 Å². The van der Waals surface area contributed by atoms with E-state index in [4.69, 9.17) is 39.5 Å². The first-order valence-corrected chi connectivity index (χ1v) is 10.1. The van der Waals surface area contributed by atoms with Gasteiger partial charge in [0.05, 0.1) is 31.1 Å². The van der Waals surface area contributed by atoms with Gasteiger partial charge in [0.25, 0.3) is 5.91 Å².